The van der Waals surface area contributed by atoms with Crippen molar-refractivity contribution in [3.8, 4) is 0 Å². The highest BCUT2D eigenvalue weighted by Gasteiger charge is 2.11. The number of benzene rings is 1. The van der Waals surface area contributed by atoms with Crippen LogP contribution in [0.25, 0.3) is 11.0 Å². The van der Waals surface area contributed by atoms with Gasteiger partial charge in [0.2, 0.25) is 0 Å². The van der Waals surface area contributed by atoms with Crippen molar-refractivity contribution >= 4 is 16.9 Å². The topological polar surface area (TPSA) is 39.4 Å². The first-order valence-corrected chi connectivity index (χ1v) is 6.31. The van der Waals surface area contributed by atoms with Gasteiger partial charge in [0.1, 0.15) is 17.8 Å². The Morgan fingerprint density at radius 3 is 2.94 bits per heavy atom. The highest BCUT2D eigenvalue weighted by molar-refractivity contribution is 5.82. The molecule has 2 aromatic rings. The number of carbonyl (C=O) groups excluding carboxylic acids is 1. The molecule has 0 unspecified atom stereocenters. The zero-order valence-corrected chi connectivity index (χ0v) is 10.9. The molecule has 0 atom stereocenters. The maximum Gasteiger partial charge on any atom is 0.313 e. The van der Waals surface area contributed by atoms with Gasteiger partial charge in [0.25, 0.3) is 0 Å². The van der Waals surface area contributed by atoms with Crippen molar-refractivity contribution in [3.05, 3.63) is 35.6 Å². The van der Waals surface area contributed by atoms with Crippen molar-refractivity contribution in [2.75, 3.05) is 7.11 Å². The van der Waals surface area contributed by atoms with E-state index in [1.54, 1.807) is 0 Å². The standard InChI is InChI=1S/C15H18O3/c1-3-4-6-11-7-5-8-12-9-13(18-15(11)12)10-14(16)17-2/h5,7-9H,3-4,6,10H2,1-2H3. The van der Waals surface area contributed by atoms with Gasteiger partial charge in [0, 0.05) is 5.39 Å². The fraction of sp³-hybridized carbons (Fsp3) is 0.400. The molecule has 3 heteroatoms. The second-order valence-corrected chi connectivity index (χ2v) is 4.40. The van der Waals surface area contributed by atoms with Gasteiger partial charge in [-0.2, -0.15) is 0 Å². The summed E-state index contributed by atoms with van der Waals surface area (Å²) in [5.41, 5.74) is 2.12. The molecule has 0 fully saturated rings. The van der Waals surface area contributed by atoms with E-state index in [0.29, 0.717) is 5.76 Å². The Hall–Kier alpha value is -1.77. The Kier molecular flexibility index (Phi) is 4.03. The van der Waals surface area contributed by atoms with E-state index in [4.69, 9.17) is 4.42 Å². The molecule has 0 saturated heterocycles. The zero-order valence-electron chi connectivity index (χ0n) is 10.9. The first-order chi connectivity index (χ1) is 8.74. The molecule has 0 saturated carbocycles. The van der Waals surface area contributed by atoms with Gasteiger partial charge in [-0.3, -0.25) is 4.79 Å². The molecule has 1 aromatic heterocycles. The molecule has 0 aliphatic rings. The van der Waals surface area contributed by atoms with E-state index in [1.807, 2.05) is 18.2 Å². The molecule has 0 spiro atoms. The first-order valence-electron chi connectivity index (χ1n) is 6.31. The molecule has 18 heavy (non-hydrogen) atoms. The van der Waals surface area contributed by atoms with E-state index in [0.717, 1.165) is 30.2 Å². The number of furan rings is 1. The van der Waals surface area contributed by atoms with Crippen LogP contribution in [0.5, 0.6) is 0 Å². The van der Waals surface area contributed by atoms with E-state index >= 15 is 0 Å². The molecular weight excluding hydrogens is 228 g/mol. The lowest BCUT2D eigenvalue weighted by atomic mass is 10.1. The van der Waals surface area contributed by atoms with Crippen molar-refractivity contribution in [1.29, 1.82) is 0 Å². The lowest BCUT2D eigenvalue weighted by molar-refractivity contribution is -0.140. The summed E-state index contributed by atoms with van der Waals surface area (Å²) in [4.78, 5) is 11.2. The molecule has 0 aliphatic carbocycles. The largest absolute Gasteiger partial charge is 0.469 e. The van der Waals surface area contributed by atoms with Crippen LogP contribution in [0.4, 0.5) is 0 Å². The third-order valence-electron chi connectivity index (χ3n) is 3.02. The van der Waals surface area contributed by atoms with E-state index < -0.39 is 0 Å². The Morgan fingerprint density at radius 1 is 1.39 bits per heavy atom. The van der Waals surface area contributed by atoms with Gasteiger partial charge < -0.3 is 9.15 Å². The van der Waals surface area contributed by atoms with Crippen LogP contribution in [-0.2, 0) is 22.4 Å². The molecule has 0 amide bonds. The van der Waals surface area contributed by atoms with Crippen molar-refractivity contribution in [2.24, 2.45) is 0 Å². The van der Waals surface area contributed by atoms with Gasteiger partial charge >= 0.3 is 5.97 Å². The summed E-state index contributed by atoms with van der Waals surface area (Å²) in [7, 11) is 1.39. The molecule has 3 nitrogen and oxygen atoms in total. The van der Waals surface area contributed by atoms with Gasteiger partial charge in [0.05, 0.1) is 7.11 Å². The molecular formula is C15H18O3. The maximum absolute atomic E-state index is 11.2. The summed E-state index contributed by atoms with van der Waals surface area (Å²) < 4.78 is 10.4. The first kappa shape index (κ1) is 12.7. The summed E-state index contributed by atoms with van der Waals surface area (Å²) in [6.07, 6.45) is 3.51. The summed E-state index contributed by atoms with van der Waals surface area (Å²) in [6.45, 7) is 2.17. The van der Waals surface area contributed by atoms with Crippen LogP contribution >= 0.6 is 0 Å². The van der Waals surface area contributed by atoms with Gasteiger partial charge in [-0.1, -0.05) is 31.5 Å². The lowest BCUT2D eigenvalue weighted by Crippen LogP contribution is -2.03. The minimum Gasteiger partial charge on any atom is -0.469 e. The number of para-hydroxylation sites is 1. The highest BCUT2D eigenvalue weighted by atomic mass is 16.5. The predicted octanol–water partition coefficient (Wildman–Crippen LogP) is 3.49. The Labute approximate surface area is 107 Å². The van der Waals surface area contributed by atoms with Crippen LogP contribution in [0.1, 0.15) is 31.1 Å². The molecule has 0 N–H and O–H groups in total. The van der Waals surface area contributed by atoms with Crippen LogP contribution in [0, 0.1) is 0 Å². The number of carbonyl (C=O) groups is 1. The molecule has 2 rings (SSSR count). The van der Waals surface area contributed by atoms with Crippen LogP contribution in [-0.4, -0.2) is 13.1 Å². The van der Waals surface area contributed by atoms with Crippen LogP contribution in [0.3, 0.4) is 0 Å². The number of fused-ring (bicyclic) bond motifs is 1. The number of hydrogen-bond acceptors (Lipinski definition) is 3. The summed E-state index contributed by atoms with van der Waals surface area (Å²) in [5.74, 6) is 0.393. The van der Waals surface area contributed by atoms with E-state index in [2.05, 4.69) is 17.7 Å². The molecule has 0 radical (unpaired) electrons. The third kappa shape index (κ3) is 2.73. The highest BCUT2D eigenvalue weighted by Crippen LogP contribution is 2.24. The van der Waals surface area contributed by atoms with Gasteiger partial charge in [-0.25, -0.2) is 0 Å². The number of esters is 1. The number of ether oxygens (including phenoxy) is 1. The summed E-state index contributed by atoms with van der Waals surface area (Å²) >= 11 is 0. The predicted molar refractivity (Wildman–Crippen MR) is 70.5 cm³/mol. The molecule has 96 valence electrons. The quantitative estimate of drug-likeness (QED) is 0.758. The van der Waals surface area contributed by atoms with Gasteiger partial charge in [-0.15, -0.1) is 0 Å². The van der Waals surface area contributed by atoms with Crippen molar-refractivity contribution in [1.82, 2.24) is 0 Å². The number of hydrogen-bond donors (Lipinski definition) is 0. The summed E-state index contributed by atoms with van der Waals surface area (Å²) in [6, 6.07) is 8.05. The number of unbranched alkanes of at least 4 members (excludes halogenated alkanes) is 1. The number of rotatable bonds is 5. The minimum absolute atomic E-state index is 0.193. The van der Waals surface area contributed by atoms with Crippen molar-refractivity contribution in [2.45, 2.75) is 32.6 Å². The fourth-order valence-corrected chi connectivity index (χ4v) is 2.04. The third-order valence-corrected chi connectivity index (χ3v) is 3.02. The molecule has 1 heterocycles. The van der Waals surface area contributed by atoms with Gasteiger partial charge in [0.15, 0.2) is 0 Å². The second kappa shape index (κ2) is 5.71. The Morgan fingerprint density at radius 2 is 2.22 bits per heavy atom. The van der Waals surface area contributed by atoms with Crippen LogP contribution in [0.15, 0.2) is 28.7 Å². The van der Waals surface area contributed by atoms with Crippen LogP contribution in [0.2, 0.25) is 0 Å². The zero-order chi connectivity index (χ0) is 13.0. The van der Waals surface area contributed by atoms with E-state index in [1.165, 1.54) is 12.7 Å². The van der Waals surface area contributed by atoms with E-state index in [9.17, 15) is 4.79 Å². The van der Waals surface area contributed by atoms with Crippen LogP contribution < -0.4 is 0 Å². The number of methoxy groups -OCH3 is 1. The SMILES string of the molecule is CCCCc1cccc2cc(CC(=O)OC)oc12. The summed E-state index contributed by atoms with van der Waals surface area (Å²) in [5, 5.41) is 1.06. The average molecular weight is 246 g/mol. The van der Waals surface area contributed by atoms with E-state index in [-0.39, 0.29) is 12.4 Å². The molecule has 0 aliphatic heterocycles. The maximum atomic E-state index is 11.2. The second-order valence-electron chi connectivity index (χ2n) is 4.40. The Bertz CT molecular complexity index is 540. The van der Waals surface area contributed by atoms with Crippen molar-refractivity contribution in [3.63, 3.8) is 0 Å². The average Bonchev–Trinajstić information content (AvgIpc) is 2.78. The molecule has 1 aromatic carbocycles. The minimum atomic E-state index is -0.274. The smallest absolute Gasteiger partial charge is 0.313 e. The normalized spacial score (nSPS) is 10.8. The van der Waals surface area contributed by atoms with Gasteiger partial charge in [-0.05, 0) is 24.5 Å². The fourth-order valence-electron chi connectivity index (χ4n) is 2.04. The Balaban J connectivity index is 2.29. The lowest BCUT2D eigenvalue weighted by Gasteiger charge is -2.00. The van der Waals surface area contributed by atoms with Crippen molar-refractivity contribution < 1.29 is 13.9 Å². The monoisotopic (exact) mass is 246 g/mol. The number of aryl methyl sites for hydroxylation is 1. The molecule has 0 bridgehead atoms.